The standard InChI is InChI=1S/C11H23NO2.2C3H8O2.C2H6.2CH3.2Y/c1-10(2)13-7-4-5-12-6-8-14-11(3)9-12;1-5-3-2-4;4-2-1-3-5;1-2;;;;/h10-11H,4-9H2,1-3H3;4H,2-3H2,1H3;4-5H,1-3H2;1-2H3;2*1H3;;/q;;;;2*-1;;. The maximum absolute atomic E-state index is 7.94. The third kappa shape index (κ3) is 47.6. The van der Waals surface area contributed by atoms with Crippen LogP contribution in [0.15, 0.2) is 0 Å². The van der Waals surface area contributed by atoms with Crippen LogP contribution in [0.1, 0.15) is 47.5 Å². The molecule has 7 nitrogen and oxygen atoms in total. The minimum absolute atomic E-state index is 0. The van der Waals surface area contributed by atoms with Crippen molar-refractivity contribution in [2.45, 2.75) is 59.7 Å². The molecule has 1 aliphatic rings. The van der Waals surface area contributed by atoms with Gasteiger partial charge in [-0.25, -0.2) is 0 Å². The van der Waals surface area contributed by atoms with Gasteiger partial charge in [0.15, 0.2) is 0 Å². The van der Waals surface area contributed by atoms with Gasteiger partial charge in [-0.05, 0) is 33.6 Å². The fourth-order valence-corrected chi connectivity index (χ4v) is 1.86. The molecule has 30 heavy (non-hydrogen) atoms. The van der Waals surface area contributed by atoms with Crippen LogP contribution in [0, 0.1) is 14.9 Å². The zero-order valence-corrected chi connectivity index (χ0v) is 26.8. The Morgan fingerprint density at radius 1 is 0.967 bits per heavy atom. The predicted molar refractivity (Wildman–Crippen MR) is 119 cm³/mol. The van der Waals surface area contributed by atoms with Crippen molar-refractivity contribution in [2.75, 3.05) is 66.4 Å². The first-order valence-corrected chi connectivity index (χ1v) is 9.78. The summed E-state index contributed by atoms with van der Waals surface area (Å²) in [6.07, 6.45) is 2.39. The molecule has 3 N–H and O–H groups in total. The molecule has 0 spiro atoms. The van der Waals surface area contributed by atoms with Crippen LogP contribution in [0.2, 0.25) is 0 Å². The second kappa shape index (κ2) is 44.6. The summed E-state index contributed by atoms with van der Waals surface area (Å²) in [7, 11) is 1.55. The van der Waals surface area contributed by atoms with Gasteiger partial charge in [-0.2, -0.15) is 0 Å². The molecule has 0 bridgehead atoms. The van der Waals surface area contributed by atoms with Crippen molar-refractivity contribution >= 4 is 0 Å². The van der Waals surface area contributed by atoms with Crippen molar-refractivity contribution in [3.8, 4) is 0 Å². The van der Waals surface area contributed by atoms with E-state index in [0.717, 1.165) is 39.3 Å². The summed E-state index contributed by atoms with van der Waals surface area (Å²) < 4.78 is 15.4. The second-order valence-corrected chi connectivity index (χ2v) is 5.77. The molecule has 0 aromatic rings. The van der Waals surface area contributed by atoms with Crippen molar-refractivity contribution < 1.29 is 94.9 Å². The van der Waals surface area contributed by atoms with Crippen LogP contribution in [0.5, 0.6) is 0 Å². The van der Waals surface area contributed by atoms with E-state index in [9.17, 15) is 0 Å². The Hall–Kier alpha value is 1.93. The van der Waals surface area contributed by atoms with E-state index in [1.54, 1.807) is 7.11 Å². The summed E-state index contributed by atoms with van der Waals surface area (Å²) in [5, 5.41) is 23.8. The Kier molecular flexibility index (Phi) is 73.0. The number of nitrogens with zero attached hydrogens (tertiary/aromatic N) is 1. The summed E-state index contributed by atoms with van der Waals surface area (Å²) in [6, 6.07) is 0. The van der Waals surface area contributed by atoms with Crippen molar-refractivity contribution in [2.24, 2.45) is 0 Å². The normalized spacial score (nSPS) is 14.4. The zero-order chi connectivity index (χ0) is 20.6. The second-order valence-electron chi connectivity index (χ2n) is 5.77. The molecule has 0 aromatic heterocycles. The zero-order valence-electron chi connectivity index (χ0n) is 21.1. The van der Waals surface area contributed by atoms with Crippen molar-refractivity contribution in [1.29, 1.82) is 0 Å². The van der Waals surface area contributed by atoms with Crippen LogP contribution in [0.25, 0.3) is 0 Å². The van der Waals surface area contributed by atoms with E-state index < -0.39 is 0 Å². The molecular weight excluding hydrogens is 540 g/mol. The Morgan fingerprint density at radius 2 is 1.50 bits per heavy atom. The quantitative estimate of drug-likeness (QED) is 0.281. The van der Waals surface area contributed by atoms with Gasteiger partial charge in [-0.15, -0.1) is 0 Å². The molecular formula is C21H51NO6Y2-2. The van der Waals surface area contributed by atoms with E-state index >= 15 is 0 Å². The molecule has 1 atom stereocenters. The van der Waals surface area contributed by atoms with Crippen LogP contribution >= 0.6 is 0 Å². The average Bonchev–Trinajstić information content (AvgIpc) is 2.63. The van der Waals surface area contributed by atoms with Crippen molar-refractivity contribution in [3.63, 3.8) is 0 Å². The van der Waals surface area contributed by atoms with Crippen LogP contribution in [-0.2, 0) is 79.6 Å². The molecule has 184 valence electrons. The molecule has 0 amide bonds. The van der Waals surface area contributed by atoms with Crippen LogP contribution < -0.4 is 0 Å². The fraction of sp³-hybridized carbons (Fsp3) is 0.905. The van der Waals surface area contributed by atoms with Gasteiger partial charge in [-0.1, -0.05) is 13.8 Å². The molecule has 0 aromatic carbocycles. The summed E-state index contributed by atoms with van der Waals surface area (Å²) in [5.74, 6) is 0. The van der Waals surface area contributed by atoms with Gasteiger partial charge in [0.05, 0.1) is 32.0 Å². The average molecular weight is 591 g/mol. The summed E-state index contributed by atoms with van der Waals surface area (Å²) >= 11 is 0. The van der Waals surface area contributed by atoms with Gasteiger partial charge in [0.2, 0.25) is 0 Å². The predicted octanol–water partition coefficient (Wildman–Crippen LogP) is 2.43. The Morgan fingerprint density at radius 3 is 1.80 bits per heavy atom. The smallest absolute Gasteiger partial charge is 0.0693 e. The Labute approximate surface area is 238 Å². The number of ether oxygens (including phenoxy) is 3. The van der Waals surface area contributed by atoms with Crippen molar-refractivity contribution in [1.82, 2.24) is 4.90 Å². The molecule has 1 heterocycles. The number of hydrogen-bond donors (Lipinski definition) is 3. The Balaban J connectivity index is -0.0000000566. The molecule has 1 unspecified atom stereocenters. The third-order valence-corrected chi connectivity index (χ3v) is 3.01. The SMILES string of the molecule is CC.CC(C)OCCCN1CCOC(C)C1.COCCO.OCCCO.[CH3-].[CH3-].[Y].[Y]. The van der Waals surface area contributed by atoms with E-state index in [1.807, 2.05) is 13.8 Å². The van der Waals surface area contributed by atoms with E-state index in [2.05, 4.69) is 30.4 Å². The molecule has 1 saturated heterocycles. The van der Waals surface area contributed by atoms with E-state index in [4.69, 9.17) is 24.8 Å². The molecule has 9 heteroatoms. The number of rotatable bonds is 9. The molecule has 2 radical (unpaired) electrons. The van der Waals surface area contributed by atoms with Crippen LogP contribution in [-0.4, -0.2) is 98.8 Å². The number of aliphatic hydroxyl groups excluding tert-OH is 3. The van der Waals surface area contributed by atoms with Gasteiger partial charge >= 0.3 is 0 Å². The maximum Gasteiger partial charge on any atom is 0.0693 e. The van der Waals surface area contributed by atoms with E-state index in [0.29, 0.717) is 25.2 Å². The largest absolute Gasteiger partial charge is 0.396 e. The van der Waals surface area contributed by atoms with Crippen molar-refractivity contribution in [3.05, 3.63) is 14.9 Å². The van der Waals surface area contributed by atoms with Crippen LogP contribution in [0.3, 0.4) is 0 Å². The molecule has 1 rings (SSSR count). The van der Waals surface area contributed by atoms with E-state index in [-0.39, 0.29) is 100 Å². The maximum atomic E-state index is 7.94. The topological polar surface area (TPSA) is 91.6 Å². The van der Waals surface area contributed by atoms with Gasteiger partial charge in [0.25, 0.3) is 0 Å². The van der Waals surface area contributed by atoms with Crippen LogP contribution in [0.4, 0.5) is 0 Å². The summed E-state index contributed by atoms with van der Waals surface area (Å²) in [6.45, 7) is 16.1. The van der Waals surface area contributed by atoms with Gasteiger partial charge in [-0.3, -0.25) is 4.90 Å². The molecule has 0 saturated carbocycles. The van der Waals surface area contributed by atoms with Gasteiger partial charge < -0.3 is 44.4 Å². The van der Waals surface area contributed by atoms with Gasteiger partial charge in [0.1, 0.15) is 0 Å². The Bertz CT molecular complexity index is 234. The fourth-order valence-electron chi connectivity index (χ4n) is 1.86. The first kappa shape index (κ1) is 49.1. The minimum Gasteiger partial charge on any atom is -0.396 e. The van der Waals surface area contributed by atoms with Gasteiger partial charge in [0, 0.05) is 112 Å². The molecule has 1 fully saturated rings. The first-order valence-electron chi connectivity index (χ1n) is 9.78. The summed E-state index contributed by atoms with van der Waals surface area (Å²) in [4.78, 5) is 2.46. The number of morpholine rings is 1. The third-order valence-electron chi connectivity index (χ3n) is 3.01. The monoisotopic (exact) mass is 591 g/mol. The summed E-state index contributed by atoms with van der Waals surface area (Å²) in [5.41, 5.74) is 0. The van der Waals surface area contributed by atoms with E-state index in [1.165, 1.54) is 0 Å². The number of methoxy groups -OCH3 is 1. The number of hydrogen-bond acceptors (Lipinski definition) is 7. The number of aliphatic hydroxyl groups is 3. The molecule has 1 aliphatic heterocycles. The molecule has 0 aliphatic carbocycles. The first-order chi connectivity index (χ1) is 12.5. The minimum atomic E-state index is 0.